The highest BCUT2D eigenvalue weighted by atomic mass is 16.3. The van der Waals surface area contributed by atoms with Gasteiger partial charge < -0.3 is 9.32 Å². The average molecular weight is 680 g/mol. The largest absolute Gasteiger partial charge is 0.455 e. The minimum atomic E-state index is -0.101. The van der Waals surface area contributed by atoms with Crippen molar-refractivity contribution < 1.29 is 4.42 Å². The van der Waals surface area contributed by atoms with Crippen molar-refractivity contribution >= 4 is 39.0 Å². The Bertz CT molecular complexity index is 2790. The molecule has 2 nitrogen and oxygen atoms in total. The maximum Gasteiger partial charge on any atom is 0.143 e. The van der Waals surface area contributed by atoms with E-state index in [1.807, 2.05) is 12.1 Å². The molecule has 1 aliphatic rings. The van der Waals surface area contributed by atoms with Gasteiger partial charge in [0.2, 0.25) is 0 Å². The van der Waals surface area contributed by atoms with Crippen LogP contribution < -0.4 is 4.90 Å². The summed E-state index contributed by atoms with van der Waals surface area (Å²) in [5.41, 5.74) is 17.5. The molecule has 252 valence electrons. The number of para-hydroxylation sites is 2. The van der Waals surface area contributed by atoms with Crippen molar-refractivity contribution in [1.29, 1.82) is 0 Å². The van der Waals surface area contributed by atoms with E-state index < -0.39 is 0 Å². The maximum absolute atomic E-state index is 6.41. The molecule has 0 bridgehead atoms. The van der Waals surface area contributed by atoms with Crippen LogP contribution in [0.15, 0.2) is 192 Å². The fourth-order valence-electron chi connectivity index (χ4n) is 8.36. The monoisotopic (exact) mass is 679 g/mol. The lowest BCUT2D eigenvalue weighted by atomic mass is 9.82. The molecule has 0 spiro atoms. The van der Waals surface area contributed by atoms with Crippen LogP contribution in [0.1, 0.15) is 25.0 Å². The molecule has 9 aromatic rings. The van der Waals surface area contributed by atoms with E-state index >= 15 is 0 Å². The van der Waals surface area contributed by atoms with Gasteiger partial charge >= 0.3 is 0 Å². The summed E-state index contributed by atoms with van der Waals surface area (Å²) in [5.74, 6) is 0. The highest BCUT2D eigenvalue weighted by Crippen LogP contribution is 2.50. The molecule has 0 saturated heterocycles. The third-order valence-corrected chi connectivity index (χ3v) is 11.1. The number of benzene rings is 8. The molecule has 0 N–H and O–H groups in total. The van der Waals surface area contributed by atoms with Gasteiger partial charge in [-0.15, -0.1) is 0 Å². The minimum Gasteiger partial charge on any atom is -0.455 e. The van der Waals surface area contributed by atoms with E-state index in [1.54, 1.807) is 0 Å². The summed E-state index contributed by atoms with van der Waals surface area (Å²) in [6, 6.07) is 67.8. The molecule has 0 unspecified atom stereocenters. The van der Waals surface area contributed by atoms with Crippen LogP contribution in [0.5, 0.6) is 0 Å². The Hall–Kier alpha value is -6.64. The topological polar surface area (TPSA) is 16.4 Å². The molecule has 0 fully saturated rings. The lowest BCUT2D eigenvalue weighted by Crippen LogP contribution is -2.16. The lowest BCUT2D eigenvalue weighted by molar-refractivity contribution is 0.660. The third kappa shape index (κ3) is 5.18. The summed E-state index contributed by atoms with van der Waals surface area (Å²) in [4.78, 5) is 2.38. The molecule has 10 rings (SSSR count). The van der Waals surface area contributed by atoms with Gasteiger partial charge in [0.05, 0.1) is 0 Å². The zero-order chi connectivity index (χ0) is 35.5. The summed E-state index contributed by atoms with van der Waals surface area (Å²) in [6.45, 7) is 4.69. The van der Waals surface area contributed by atoms with Crippen molar-refractivity contribution in [1.82, 2.24) is 0 Å². The Labute approximate surface area is 310 Å². The van der Waals surface area contributed by atoms with Crippen LogP contribution in [0.25, 0.3) is 66.4 Å². The van der Waals surface area contributed by atoms with Gasteiger partial charge in [-0.25, -0.2) is 0 Å². The SMILES string of the molecule is CC1(C)c2ccccc2-c2ccc(N(c3ccc(-c4cccc(-c5ccccc5)c4)cc3)c3ccc(-c4cccc5c4oc4ccccc45)cc3)cc21. The van der Waals surface area contributed by atoms with Crippen molar-refractivity contribution in [2.45, 2.75) is 19.3 Å². The van der Waals surface area contributed by atoms with Crippen LogP contribution in [0, 0.1) is 0 Å². The molecule has 0 atom stereocenters. The quantitative estimate of drug-likeness (QED) is 0.174. The summed E-state index contributed by atoms with van der Waals surface area (Å²) in [7, 11) is 0. The number of hydrogen-bond acceptors (Lipinski definition) is 2. The highest BCUT2D eigenvalue weighted by molar-refractivity contribution is 6.09. The van der Waals surface area contributed by atoms with Gasteiger partial charge in [0, 0.05) is 38.8 Å². The predicted octanol–water partition coefficient (Wildman–Crippen LogP) is 14.4. The van der Waals surface area contributed by atoms with Crippen molar-refractivity contribution in [3.05, 3.63) is 199 Å². The lowest BCUT2D eigenvalue weighted by Gasteiger charge is -2.28. The predicted molar refractivity (Wildman–Crippen MR) is 222 cm³/mol. The second-order valence-electron chi connectivity index (χ2n) is 14.6. The number of anilines is 3. The molecule has 1 aromatic heterocycles. The van der Waals surface area contributed by atoms with E-state index in [0.717, 1.165) is 50.1 Å². The van der Waals surface area contributed by atoms with E-state index in [2.05, 4.69) is 195 Å². The Morgan fingerprint density at radius 1 is 0.377 bits per heavy atom. The van der Waals surface area contributed by atoms with Crippen molar-refractivity contribution in [3.8, 4) is 44.5 Å². The van der Waals surface area contributed by atoms with Crippen LogP contribution >= 0.6 is 0 Å². The first-order valence-corrected chi connectivity index (χ1v) is 18.3. The molecule has 0 saturated carbocycles. The van der Waals surface area contributed by atoms with E-state index in [4.69, 9.17) is 4.42 Å². The minimum absolute atomic E-state index is 0.101. The molecule has 8 aromatic carbocycles. The average Bonchev–Trinajstić information content (AvgIpc) is 3.71. The Kier molecular flexibility index (Phi) is 7.19. The normalized spacial score (nSPS) is 12.9. The first-order valence-electron chi connectivity index (χ1n) is 18.3. The second-order valence-corrected chi connectivity index (χ2v) is 14.6. The molecule has 1 aliphatic carbocycles. The zero-order valence-corrected chi connectivity index (χ0v) is 29.8. The summed E-state index contributed by atoms with van der Waals surface area (Å²) in [6.07, 6.45) is 0. The smallest absolute Gasteiger partial charge is 0.143 e. The Morgan fingerprint density at radius 2 is 0.925 bits per heavy atom. The van der Waals surface area contributed by atoms with Crippen LogP contribution in [0.2, 0.25) is 0 Å². The first kappa shape index (κ1) is 31.1. The summed E-state index contributed by atoms with van der Waals surface area (Å²) in [5, 5.41) is 2.28. The van der Waals surface area contributed by atoms with Gasteiger partial charge in [0.15, 0.2) is 0 Å². The van der Waals surface area contributed by atoms with Gasteiger partial charge in [-0.3, -0.25) is 0 Å². The molecule has 0 radical (unpaired) electrons. The Morgan fingerprint density at radius 3 is 1.70 bits per heavy atom. The molecule has 2 heteroatoms. The maximum atomic E-state index is 6.41. The van der Waals surface area contributed by atoms with Crippen LogP contribution in [0.4, 0.5) is 17.1 Å². The third-order valence-electron chi connectivity index (χ3n) is 11.1. The zero-order valence-electron chi connectivity index (χ0n) is 29.8. The van der Waals surface area contributed by atoms with E-state index in [1.165, 1.54) is 44.5 Å². The van der Waals surface area contributed by atoms with Crippen LogP contribution in [-0.4, -0.2) is 0 Å². The van der Waals surface area contributed by atoms with Crippen molar-refractivity contribution in [2.75, 3.05) is 4.90 Å². The van der Waals surface area contributed by atoms with Gasteiger partial charge in [-0.05, 0) is 98.6 Å². The molecular formula is C51H37NO. The standard InChI is InChI=1S/C51H37NO/c1-51(2)47-20-8-6-16-43(47)44-31-30-41(33-48(44)51)52(39-26-22-35(23-27-39)38-15-10-14-37(32-38)34-12-4-3-5-13-34)40-28-24-36(25-29-40)42-18-11-19-46-45-17-7-9-21-49(45)53-50(42)46/h3-33H,1-2H3. The molecule has 0 amide bonds. The van der Waals surface area contributed by atoms with Gasteiger partial charge in [0.25, 0.3) is 0 Å². The number of fused-ring (bicyclic) bond motifs is 6. The molecular weight excluding hydrogens is 643 g/mol. The summed E-state index contributed by atoms with van der Waals surface area (Å²) < 4.78 is 6.41. The molecule has 53 heavy (non-hydrogen) atoms. The van der Waals surface area contributed by atoms with Crippen molar-refractivity contribution in [2.24, 2.45) is 0 Å². The van der Waals surface area contributed by atoms with Crippen LogP contribution in [-0.2, 0) is 5.41 Å². The fourth-order valence-corrected chi connectivity index (χ4v) is 8.36. The van der Waals surface area contributed by atoms with Crippen molar-refractivity contribution in [3.63, 3.8) is 0 Å². The number of hydrogen-bond donors (Lipinski definition) is 0. The van der Waals surface area contributed by atoms with E-state index in [9.17, 15) is 0 Å². The first-order chi connectivity index (χ1) is 26.0. The number of rotatable bonds is 6. The summed E-state index contributed by atoms with van der Waals surface area (Å²) >= 11 is 0. The second kappa shape index (κ2) is 12.3. The van der Waals surface area contributed by atoms with E-state index in [0.29, 0.717) is 0 Å². The molecule has 0 aliphatic heterocycles. The fraction of sp³-hybridized carbons (Fsp3) is 0.0588. The highest BCUT2D eigenvalue weighted by Gasteiger charge is 2.35. The number of furan rings is 1. The van der Waals surface area contributed by atoms with Gasteiger partial charge in [-0.1, -0.05) is 153 Å². The molecule has 1 heterocycles. The van der Waals surface area contributed by atoms with E-state index in [-0.39, 0.29) is 5.41 Å². The number of nitrogens with zero attached hydrogens (tertiary/aromatic N) is 1. The van der Waals surface area contributed by atoms with Crippen LogP contribution in [0.3, 0.4) is 0 Å². The van der Waals surface area contributed by atoms with Gasteiger partial charge in [0.1, 0.15) is 11.2 Å². The van der Waals surface area contributed by atoms with Gasteiger partial charge in [-0.2, -0.15) is 0 Å². The Balaban J connectivity index is 1.07.